The van der Waals surface area contributed by atoms with Gasteiger partial charge in [0.1, 0.15) is 66.1 Å². The molecule has 12 rings (SSSR count). The molecule has 1 atom stereocenters. The molecule has 2 amide bonds. The molecule has 11 aromatic rings. The molecule has 0 aliphatic carbocycles. The summed E-state index contributed by atoms with van der Waals surface area (Å²) in [4.78, 5) is 107. The monoisotopic (exact) mass is 1620 g/mol. The highest BCUT2D eigenvalue weighted by atomic mass is 32.2. The molecule has 1 fully saturated rings. The zero-order valence-electron chi connectivity index (χ0n) is 69.3. The molecule has 1 unspecified atom stereocenters. The SMILES string of the molecule is CC(C)(C)c1ncco1.CC(C)(C)c1ncn[nH]1.CC(C)(C)c1ncn[nH]1.CC(C)(C)c1ncno1.CC(C)(C)c1ns[nH]c1=O.CC(C)C1SC(=O)NC1=O.CC(C)c1cc(=O)c(O)co1.CC(C)c1ccc[nH]c1=O.CC(C)c1nn[nH]n1.CC(C)c1nsc(=O)[nH]1.Cc1o[nH]c(=O)c1C(C)C.O=c1ccocc1O. The van der Waals surface area contributed by atoms with E-state index in [4.69, 9.17) is 28.1 Å². The Balaban J connectivity index is 0.000000611. The van der Waals surface area contributed by atoms with Crippen LogP contribution in [-0.2, 0) is 31.9 Å². The Morgan fingerprint density at radius 1 is 0.580 bits per heavy atom. The highest BCUT2D eigenvalue weighted by Crippen LogP contribution is 2.26. The molecular formula is C74H114N20O15S3. The van der Waals surface area contributed by atoms with E-state index in [9.17, 15) is 38.4 Å². The van der Waals surface area contributed by atoms with Gasteiger partial charge in [-0.15, -0.1) is 10.2 Å². The Hall–Kier alpha value is -10.6. The fraction of sp³-hybridized carbons (Fsp3) is 0.541. The first-order valence-electron chi connectivity index (χ1n) is 35.5. The summed E-state index contributed by atoms with van der Waals surface area (Å²) in [5.74, 6) is 6.98. The van der Waals surface area contributed by atoms with Gasteiger partial charge < -0.3 is 37.5 Å². The molecular weight excluding hydrogens is 1510 g/mol. The smallest absolute Gasteiger partial charge is 0.323 e. The molecule has 35 nitrogen and oxygen atoms in total. The van der Waals surface area contributed by atoms with Gasteiger partial charge in [0.25, 0.3) is 21.9 Å². The van der Waals surface area contributed by atoms with Crippen molar-refractivity contribution < 1.29 is 42.1 Å². The van der Waals surface area contributed by atoms with Gasteiger partial charge in [0.2, 0.25) is 22.7 Å². The zero-order chi connectivity index (χ0) is 85.7. The third kappa shape index (κ3) is 38.8. The Labute approximate surface area is 663 Å². The number of imide groups is 1. The van der Waals surface area contributed by atoms with Gasteiger partial charge in [0.15, 0.2) is 29.5 Å². The lowest BCUT2D eigenvalue weighted by Gasteiger charge is -2.12. The van der Waals surface area contributed by atoms with Gasteiger partial charge in [-0.3, -0.25) is 63.2 Å². The van der Waals surface area contributed by atoms with E-state index in [0.717, 1.165) is 93.9 Å². The standard InChI is InChI=1S/C8H11NO.C8H10O3.C7H11NO2.C7H11NO.2C6H11N3.C6H10N2OS.C6H10N2O.C6H9NO2S.C5H8N2OS.C5H4O3.C4H8N4/c1-6(2)7-4-3-5-9-8(7)10;1-5(2)8-3-6(9)7(10)4-11-8;1-4(2)6-5(3)10-8-7(6)9;1-7(2,3)6-8-4-5-9-6;2*1-6(2,3)5-7-4-8-9-5;1-6(2,3)4-5(9)8-10-7-4;1-6(2,3)5-7-4-8-9-5;1-3(2)4-5(8)7-6(9)10-4;1-3(2)4-6-5(8)9-7-4;6-4-1-2-8-3-5(4)7;1-3(2)4-5-7-8-6-4/h3-6H,1-2H3,(H,9,10);3-5,10H,1-2H3;4H,1-3H3,(H,8,9);4-5H,1-3H3;2*4H,1-3H3,(H,7,8,9);1-3H3,(H,8,9);4H,1-3H3;3-4H,1-2H3,(H,7,8,9);3H,1-2H3,(H,6,7,8);1-3,7H;3H,1-2H3,(H,5,6,7,8). The van der Waals surface area contributed by atoms with Crippen LogP contribution in [0.25, 0.3) is 0 Å². The summed E-state index contributed by atoms with van der Waals surface area (Å²) in [5, 5.41) is 51.4. The molecule has 10 N–H and O–H groups in total. The first-order chi connectivity index (χ1) is 51.8. The molecule has 0 aromatic carbocycles. The van der Waals surface area contributed by atoms with Gasteiger partial charge in [0.05, 0.1) is 23.3 Å². The second-order valence-corrected chi connectivity index (χ2v) is 33.8. The van der Waals surface area contributed by atoms with Gasteiger partial charge in [0, 0.05) is 92.0 Å². The van der Waals surface area contributed by atoms with Crippen molar-refractivity contribution in [3.05, 3.63) is 205 Å². The lowest BCUT2D eigenvalue weighted by atomic mass is 9.93. The number of pyridine rings is 1. The maximum atomic E-state index is 11.0. The predicted molar refractivity (Wildman–Crippen MR) is 431 cm³/mol. The summed E-state index contributed by atoms with van der Waals surface area (Å²) in [6, 6.07) is 6.15. The fourth-order valence-electron chi connectivity index (χ4n) is 7.64. The van der Waals surface area contributed by atoms with Crippen molar-refractivity contribution in [2.45, 2.75) is 256 Å². The second-order valence-electron chi connectivity index (χ2n) is 31.3. The fourth-order valence-corrected chi connectivity index (χ4v) is 9.73. The highest BCUT2D eigenvalue weighted by molar-refractivity contribution is 8.15. The number of aromatic nitrogens is 19. The van der Waals surface area contributed by atoms with E-state index >= 15 is 0 Å². The van der Waals surface area contributed by atoms with Crippen molar-refractivity contribution >= 4 is 46.2 Å². The van der Waals surface area contributed by atoms with Crippen molar-refractivity contribution in [2.24, 2.45) is 5.92 Å². The zero-order valence-corrected chi connectivity index (χ0v) is 71.8. The molecule has 112 heavy (non-hydrogen) atoms. The predicted octanol–water partition coefficient (Wildman–Crippen LogP) is 13.7. The number of nitrogens with one attached hydrogen (secondary N) is 8. The number of aromatic hydroxyl groups is 2. The summed E-state index contributed by atoms with van der Waals surface area (Å²) in [6.45, 7) is 56.2. The van der Waals surface area contributed by atoms with Crippen molar-refractivity contribution in [1.82, 2.24) is 99.7 Å². The molecule has 1 aliphatic rings. The number of rotatable bonds is 6. The maximum absolute atomic E-state index is 11.0. The molecule has 0 bridgehead atoms. The molecule has 1 aliphatic heterocycles. The average Bonchev–Trinajstić information content (AvgIpc) is 1.73. The number of carbonyl (C=O) groups excluding carboxylic acids is 2. The first-order valence-corrected chi connectivity index (χ1v) is 37.9. The molecule has 12 heterocycles. The molecule has 0 saturated carbocycles. The number of nitrogens with zero attached hydrogens (tertiary/aromatic N) is 12. The Morgan fingerprint density at radius 3 is 1.42 bits per heavy atom. The normalized spacial score (nSPS) is 12.3. The largest absolute Gasteiger partial charge is 0.502 e. The van der Waals surface area contributed by atoms with Crippen LogP contribution in [0.15, 0.2) is 132 Å². The molecule has 0 spiro atoms. The molecule has 618 valence electrons. The number of H-pyrrole nitrogens is 7. The summed E-state index contributed by atoms with van der Waals surface area (Å²) < 4.78 is 34.5. The van der Waals surface area contributed by atoms with E-state index < -0.39 is 5.43 Å². The maximum Gasteiger partial charge on any atom is 0.323 e. The summed E-state index contributed by atoms with van der Waals surface area (Å²) >= 11 is 3.16. The number of amides is 2. The molecule has 0 radical (unpaired) electrons. The Kier molecular flexibility index (Phi) is 42.2. The number of thioether (sulfide) groups is 1. The van der Waals surface area contributed by atoms with Gasteiger partial charge >= 0.3 is 4.87 Å². The number of hydrogen-bond acceptors (Lipinski definition) is 30. The minimum absolute atomic E-state index is 0.0174. The van der Waals surface area contributed by atoms with Crippen LogP contribution in [0.2, 0.25) is 0 Å². The summed E-state index contributed by atoms with van der Waals surface area (Å²) in [6.07, 6.45) is 12.7. The van der Waals surface area contributed by atoms with E-state index in [1.165, 1.54) is 31.3 Å². The number of tetrazole rings is 1. The van der Waals surface area contributed by atoms with E-state index in [-0.39, 0.29) is 99.7 Å². The quantitative estimate of drug-likeness (QED) is 0.0739. The van der Waals surface area contributed by atoms with Crippen LogP contribution in [0.4, 0.5) is 4.79 Å². The van der Waals surface area contributed by atoms with E-state index in [1.54, 1.807) is 25.6 Å². The highest BCUT2D eigenvalue weighted by Gasteiger charge is 2.33. The van der Waals surface area contributed by atoms with E-state index in [2.05, 4.69) is 166 Å². The van der Waals surface area contributed by atoms with Gasteiger partial charge in [-0.2, -0.15) is 34.3 Å². The Bertz CT molecular complexity index is 4540. The van der Waals surface area contributed by atoms with Crippen molar-refractivity contribution in [3.63, 3.8) is 0 Å². The van der Waals surface area contributed by atoms with Gasteiger partial charge in [-0.25, -0.2) is 15.0 Å². The van der Waals surface area contributed by atoms with E-state index in [1.807, 2.05) is 137 Å². The number of oxazole rings is 1. The third-order valence-electron chi connectivity index (χ3n) is 13.8. The topological polar surface area (TPSA) is 520 Å². The number of hydrogen-bond donors (Lipinski definition) is 10. The van der Waals surface area contributed by atoms with Crippen LogP contribution in [0.1, 0.15) is 280 Å². The van der Waals surface area contributed by atoms with E-state index in [0.29, 0.717) is 40.9 Å². The van der Waals surface area contributed by atoms with Gasteiger partial charge in [-0.05, 0) is 30.7 Å². The average molecular weight is 1620 g/mol. The molecule has 1 saturated heterocycles. The minimum Gasteiger partial charge on any atom is -0.502 e. The van der Waals surface area contributed by atoms with Crippen molar-refractivity contribution in [3.8, 4) is 11.5 Å². The number of aryl methyl sites for hydroxylation is 1. The van der Waals surface area contributed by atoms with Gasteiger partial charge in [-0.1, -0.05) is 215 Å². The molecule has 11 aromatic heterocycles. The van der Waals surface area contributed by atoms with Crippen molar-refractivity contribution in [1.29, 1.82) is 0 Å². The summed E-state index contributed by atoms with van der Waals surface area (Å²) in [5.41, 5.74) is 1.36. The van der Waals surface area contributed by atoms with Crippen molar-refractivity contribution in [2.75, 3.05) is 0 Å². The van der Waals surface area contributed by atoms with Crippen LogP contribution in [0.3, 0.4) is 0 Å². The van der Waals surface area contributed by atoms with Crippen LogP contribution < -0.4 is 37.7 Å². The second kappa shape index (κ2) is 47.6. The van der Waals surface area contributed by atoms with Crippen LogP contribution in [0.5, 0.6) is 11.5 Å². The number of carbonyl (C=O) groups is 2. The molecule has 38 heteroatoms. The third-order valence-corrected chi connectivity index (χ3v) is 16.3. The lowest BCUT2D eigenvalue weighted by molar-refractivity contribution is -0.119. The van der Waals surface area contributed by atoms with Crippen LogP contribution >= 0.6 is 35.0 Å². The number of aromatic amines is 7. The Morgan fingerprint density at radius 2 is 1.17 bits per heavy atom. The van der Waals surface area contributed by atoms with Crippen LogP contribution in [0, 0.1) is 12.8 Å². The lowest BCUT2D eigenvalue weighted by Crippen LogP contribution is -2.27. The first kappa shape index (κ1) is 99.4. The van der Waals surface area contributed by atoms with Crippen LogP contribution in [-0.4, -0.2) is 121 Å². The minimum atomic E-state index is -0.420. The summed E-state index contributed by atoms with van der Waals surface area (Å²) in [7, 11) is 0.